The van der Waals surface area contributed by atoms with Crippen LogP contribution in [0.5, 0.6) is 0 Å². The smallest absolute Gasteiger partial charge is 0.267 e. The van der Waals surface area contributed by atoms with Gasteiger partial charge in [0.05, 0.1) is 0 Å². The normalized spacial score (nSPS) is 26.7. The summed E-state index contributed by atoms with van der Waals surface area (Å²) in [7, 11) is 0. The van der Waals surface area contributed by atoms with Gasteiger partial charge in [-0.05, 0) is 93.4 Å². The lowest BCUT2D eigenvalue weighted by molar-refractivity contribution is 0.0942. The predicted molar refractivity (Wildman–Crippen MR) is 119 cm³/mol. The topological polar surface area (TPSA) is 67.2 Å². The molecule has 156 valence electrons. The van der Waals surface area contributed by atoms with Crippen molar-refractivity contribution in [3.05, 3.63) is 52.8 Å². The maximum atomic E-state index is 12.6. The highest BCUT2D eigenvalue weighted by Crippen LogP contribution is 2.52. The molecule has 6 rings (SSSR count). The molecule has 1 heterocycles. The van der Waals surface area contributed by atoms with Gasteiger partial charge in [0.15, 0.2) is 5.16 Å². The van der Waals surface area contributed by atoms with Crippen LogP contribution in [0.15, 0.2) is 40.6 Å². The summed E-state index contributed by atoms with van der Waals surface area (Å²) in [5.41, 5.74) is 7.87. The van der Waals surface area contributed by atoms with E-state index in [-0.39, 0.29) is 5.91 Å². The van der Waals surface area contributed by atoms with Crippen molar-refractivity contribution in [2.24, 2.45) is 28.8 Å². The Labute approximate surface area is 182 Å². The molecule has 0 spiro atoms. The number of thioether (sulfide) groups is 1. The highest BCUT2D eigenvalue weighted by Gasteiger charge is 2.46. The first kappa shape index (κ1) is 19.7. The SMILES string of the molecule is Cc1cc(C)nc(SCc2ccc(C(=O)NN=C3C4CC5CC(C4)CC3C5)cc2)n1. The van der Waals surface area contributed by atoms with E-state index in [1.54, 1.807) is 11.8 Å². The molecule has 4 fully saturated rings. The molecule has 0 atom stereocenters. The van der Waals surface area contributed by atoms with E-state index in [2.05, 4.69) is 20.5 Å². The summed E-state index contributed by atoms with van der Waals surface area (Å²) >= 11 is 1.61. The molecule has 4 aliphatic carbocycles. The number of nitrogens with zero attached hydrogens (tertiary/aromatic N) is 3. The fraction of sp³-hybridized carbons (Fsp3) is 0.500. The van der Waals surface area contributed by atoms with Gasteiger partial charge in [0.25, 0.3) is 5.91 Å². The molecular formula is C24H28N4OS. The number of carbonyl (C=O) groups is 1. The van der Waals surface area contributed by atoms with E-state index in [9.17, 15) is 4.79 Å². The Kier molecular flexibility index (Phi) is 5.35. The molecule has 30 heavy (non-hydrogen) atoms. The molecule has 2 aromatic rings. The molecule has 1 amide bonds. The van der Waals surface area contributed by atoms with Crippen LogP contribution in [0.25, 0.3) is 0 Å². The van der Waals surface area contributed by atoms with Gasteiger partial charge in [-0.15, -0.1) is 0 Å². The van der Waals surface area contributed by atoms with Gasteiger partial charge in [0.1, 0.15) is 0 Å². The van der Waals surface area contributed by atoms with Crippen LogP contribution in [0, 0.1) is 37.5 Å². The van der Waals surface area contributed by atoms with Gasteiger partial charge < -0.3 is 0 Å². The zero-order valence-corrected chi connectivity index (χ0v) is 18.4. The first-order chi connectivity index (χ1) is 14.5. The average Bonchev–Trinajstić information content (AvgIpc) is 2.71. The highest BCUT2D eigenvalue weighted by molar-refractivity contribution is 7.98. The van der Waals surface area contributed by atoms with E-state index in [1.165, 1.54) is 37.8 Å². The molecule has 1 aromatic heterocycles. The van der Waals surface area contributed by atoms with E-state index < -0.39 is 0 Å². The molecule has 0 unspecified atom stereocenters. The van der Waals surface area contributed by atoms with Crippen LogP contribution in [0.2, 0.25) is 0 Å². The van der Waals surface area contributed by atoms with Crippen molar-refractivity contribution >= 4 is 23.4 Å². The zero-order valence-electron chi connectivity index (χ0n) is 17.6. The second kappa shape index (κ2) is 8.14. The van der Waals surface area contributed by atoms with Crippen LogP contribution in [0.3, 0.4) is 0 Å². The Morgan fingerprint density at radius 2 is 1.60 bits per heavy atom. The van der Waals surface area contributed by atoms with Crippen LogP contribution in [0.4, 0.5) is 0 Å². The molecule has 1 N–H and O–H groups in total. The van der Waals surface area contributed by atoms with Crippen molar-refractivity contribution < 1.29 is 4.79 Å². The van der Waals surface area contributed by atoms with Crippen molar-refractivity contribution in [1.29, 1.82) is 0 Å². The van der Waals surface area contributed by atoms with Crippen molar-refractivity contribution in [1.82, 2.24) is 15.4 Å². The van der Waals surface area contributed by atoms with Crippen molar-refractivity contribution in [3.63, 3.8) is 0 Å². The number of hydrogen-bond donors (Lipinski definition) is 1. The molecule has 4 bridgehead atoms. The molecule has 5 nitrogen and oxygen atoms in total. The van der Waals surface area contributed by atoms with Crippen molar-refractivity contribution in [2.75, 3.05) is 0 Å². The number of nitrogens with one attached hydrogen (secondary N) is 1. The molecular weight excluding hydrogens is 392 g/mol. The number of amides is 1. The Morgan fingerprint density at radius 1 is 1.00 bits per heavy atom. The van der Waals surface area contributed by atoms with Crippen LogP contribution >= 0.6 is 11.8 Å². The number of carbonyl (C=O) groups excluding carboxylic acids is 1. The number of hydrazone groups is 1. The number of aromatic nitrogens is 2. The first-order valence-electron chi connectivity index (χ1n) is 11.0. The Balaban J connectivity index is 1.19. The molecule has 0 radical (unpaired) electrons. The first-order valence-corrected chi connectivity index (χ1v) is 11.9. The van der Waals surface area contributed by atoms with E-state index in [4.69, 9.17) is 0 Å². The maximum Gasteiger partial charge on any atom is 0.271 e. The fourth-order valence-electron chi connectivity index (χ4n) is 5.69. The number of rotatable bonds is 5. The molecule has 0 aliphatic heterocycles. The molecule has 0 saturated heterocycles. The van der Waals surface area contributed by atoms with Gasteiger partial charge in [-0.2, -0.15) is 5.10 Å². The van der Waals surface area contributed by atoms with Gasteiger partial charge in [-0.3, -0.25) is 4.79 Å². The maximum absolute atomic E-state index is 12.6. The van der Waals surface area contributed by atoms with E-state index in [0.717, 1.165) is 39.7 Å². The van der Waals surface area contributed by atoms with Crippen LogP contribution in [-0.4, -0.2) is 21.6 Å². The Morgan fingerprint density at radius 3 is 2.20 bits per heavy atom. The molecule has 6 heteroatoms. The summed E-state index contributed by atoms with van der Waals surface area (Å²) in [5.74, 6) is 3.68. The molecule has 4 aliphatic rings. The second-order valence-electron chi connectivity index (χ2n) is 9.20. The lowest BCUT2D eigenvalue weighted by Crippen LogP contribution is -2.46. The summed E-state index contributed by atoms with van der Waals surface area (Å²) in [6.07, 6.45) is 6.53. The average molecular weight is 421 g/mol. The summed E-state index contributed by atoms with van der Waals surface area (Å²) in [4.78, 5) is 21.5. The minimum Gasteiger partial charge on any atom is -0.267 e. The van der Waals surface area contributed by atoms with Gasteiger partial charge in [0, 0.05) is 28.4 Å². The lowest BCUT2D eigenvalue weighted by atomic mass is 9.55. The van der Waals surface area contributed by atoms with E-state index in [1.807, 2.05) is 44.2 Å². The quantitative estimate of drug-likeness (QED) is 0.423. The molecule has 1 aromatic carbocycles. The third kappa shape index (κ3) is 4.15. The Hall–Kier alpha value is -2.21. The van der Waals surface area contributed by atoms with Crippen molar-refractivity contribution in [3.8, 4) is 0 Å². The van der Waals surface area contributed by atoms with Crippen LogP contribution < -0.4 is 5.43 Å². The lowest BCUT2D eigenvalue weighted by Gasteiger charge is -2.50. The minimum absolute atomic E-state index is 0.117. The standard InChI is InChI=1S/C24H28N4OS/c1-14-7-15(2)26-24(25-14)30-13-16-3-5-19(6-4-16)23(29)28-27-22-20-9-17-8-18(11-20)12-21(22)10-17/h3-7,17-18,20-21H,8-13H2,1-2H3,(H,28,29). The van der Waals surface area contributed by atoms with Gasteiger partial charge >= 0.3 is 0 Å². The van der Waals surface area contributed by atoms with Crippen LogP contribution in [-0.2, 0) is 5.75 Å². The number of aryl methyl sites for hydroxylation is 2. The number of hydrogen-bond acceptors (Lipinski definition) is 5. The third-order valence-corrected chi connectivity index (χ3v) is 7.73. The largest absolute Gasteiger partial charge is 0.271 e. The predicted octanol–water partition coefficient (Wildman–Crippen LogP) is 4.93. The highest BCUT2D eigenvalue weighted by atomic mass is 32.2. The van der Waals surface area contributed by atoms with Crippen molar-refractivity contribution in [2.45, 2.75) is 56.9 Å². The minimum atomic E-state index is -0.117. The second-order valence-corrected chi connectivity index (χ2v) is 10.1. The summed E-state index contributed by atoms with van der Waals surface area (Å²) in [6.45, 7) is 3.97. The number of benzene rings is 1. The van der Waals surface area contributed by atoms with Gasteiger partial charge in [0.2, 0.25) is 0 Å². The Bertz CT molecular complexity index is 935. The van der Waals surface area contributed by atoms with E-state index in [0.29, 0.717) is 17.4 Å². The monoisotopic (exact) mass is 420 g/mol. The zero-order chi connectivity index (χ0) is 20.7. The summed E-state index contributed by atoms with van der Waals surface area (Å²) < 4.78 is 0. The molecule has 4 saturated carbocycles. The van der Waals surface area contributed by atoms with Gasteiger partial charge in [-0.1, -0.05) is 23.9 Å². The fourth-order valence-corrected chi connectivity index (χ4v) is 6.59. The summed E-state index contributed by atoms with van der Waals surface area (Å²) in [5, 5.41) is 5.40. The van der Waals surface area contributed by atoms with Gasteiger partial charge in [-0.25, -0.2) is 15.4 Å². The van der Waals surface area contributed by atoms with Crippen LogP contribution in [0.1, 0.15) is 59.4 Å². The third-order valence-electron chi connectivity index (χ3n) is 6.81. The van der Waals surface area contributed by atoms with E-state index >= 15 is 0 Å². The summed E-state index contributed by atoms with van der Waals surface area (Å²) in [6, 6.07) is 9.74.